The van der Waals surface area contributed by atoms with Crippen LogP contribution in [0.25, 0.3) is 0 Å². The summed E-state index contributed by atoms with van der Waals surface area (Å²) in [5.41, 5.74) is 2.78. The van der Waals surface area contributed by atoms with Crippen molar-refractivity contribution in [1.82, 2.24) is 0 Å². The van der Waals surface area contributed by atoms with Gasteiger partial charge in [-0.1, -0.05) is 70.5 Å². The predicted octanol–water partition coefficient (Wildman–Crippen LogP) is 6.74. The first kappa shape index (κ1) is 31.3. The van der Waals surface area contributed by atoms with Crippen LogP contribution < -0.4 is 9.80 Å². The van der Waals surface area contributed by atoms with E-state index >= 15 is 0 Å². The summed E-state index contributed by atoms with van der Waals surface area (Å²) in [6.07, 6.45) is 8.48. The zero-order valence-electron chi connectivity index (χ0n) is 21.4. The highest BCUT2D eigenvalue weighted by atomic mass is 35.5. The van der Waals surface area contributed by atoms with Crippen LogP contribution in [-0.2, 0) is 20.2 Å². The Balaban J connectivity index is 1.50. The molecule has 0 radical (unpaired) electrons. The molecule has 2 aromatic carbocycles. The molecule has 4 rings (SSSR count). The molecule has 0 amide bonds. The lowest BCUT2D eigenvalue weighted by Gasteiger charge is -2.24. The normalized spacial score (nSPS) is 18.7. The van der Waals surface area contributed by atoms with Gasteiger partial charge in [-0.2, -0.15) is 16.8 Å². The minimum atomic E-state index is -4.06. The van der Waals surface area contributed by atoms with Crippen molar-refractivity contribution in [3.63, 3.8) is 0 Å². The summed E-state index contributed by atoms with van der Waals surface area (Å²) in [4.78, 5) is 6.11. The number of fused-ring (bicyclic) bond motifs is 2. The standard InChI is InChI=1S/C26H28Cl2N2O6S4/c1-18(4-10-25-29(12-2-14-39(31,32)33)21-16-19(27)6-8-23(21)37-25)5-11-26-30(13-3-15-40(34,35)36)22-17-20(28)7-9-24(22)38-26/h4-11,16-17,25H,2-3,12-15H2,1H3,(H,31,32,33)(H,34,35,36). The van der Waals surface area contributed by atoms with Crippen LogP contribution in [0.3, 0.4) is 0 Å². The molecule has 2 aliphatic rings. The smallest absolute Gasteiger partial charge is 0.264 e. The number of hydrogen-bond donors (Lipinski definition) is 2. The zero-order chi connectivity index (χ0) is 29.1. The van der Waals surface area contributed by atoms with Gasteiger partial charge in [-0.3, -0.25) is 9.11 Å². The topological polar surface area (TPSA) is 115 Å². The number of benzene rings is 2. The van der Waals surface area contributed by atoms with E-state index in [2.05, 4.69) is 4.90 Å². The molecule has 0 bridgehead atoms. The summed E-state index contributed by atoms with van der Waals surface area (Å²) in [7, 11) is -8.10. The van der Waals surface area contributed by atoms with Gasteiger partial charge in [0.1, 0.15) is 0 Å². The van der Waals surface area contributed by atoms with E-state index in [1.165, 1.54) is 0 Å². The quantitative estimate of drug-likeness (QED) is 0.198. The third-order valence-electron chi connectivity index (χ3n) is 6.08. The van der Waals surface area contributed by atoms with E-state index in [1.807, 2.05) is 72.5 Å². The molecule has 0 saturated carbocycles. The van der Waals surface area contributed by atoms with E-state index in [1.54, 1.807) is 23.5 Å². The Morgan fingerprint density at radius 2 is 1.52 bits per heavy atom. The highest BCUT2D eigenvalue weighted by molar-refractivity contribution is 8.03. The maximum Gasteiger partial charge on any atom is 0.264 e. The lowest BCUT2D eigenvalue weighted by molar-refractivity contribution is 0.479. The van der Waals surface area contributed by atoms with Gasteiger partial charge in [-0.25, -0.2) is 0 Å². The molecule has 0 aliphatic carbocycles. The first-order valence-electron chi connectivity index (χ1n) is 12.2. The van der Waals surface area contributed by atoms with Gasteiger partial charge in [0.25, 0.3) is 20.2 Å². The van der Waals surface area contributed by atoms with Crippen molar-refractivity contribution in [2.24, 2.45) is 0 Å². The number of rotatable bonds is 11. The van der Waals surface area contributed by atoms with Crippen LogP contribution in [0.2, 0.25) is 10.0 Å². The maximum atomic E-state index is 11.2. The Bertz CT molecular complexity index is 1580. The fraction of sp³-hybridized carbons (Fsp3) is 0.308. The summed E-state index contributed by atoms with van der Waals surface area (Å²) in [5, 5.41) is 1.98. The van der Waals surface area contributed by atoms with E-state index in [0.29, 0.717) is 23.1 Å². The van der Waals surface area contributed by atoms with Crippen molar-refractivity contribution in [3.05, 3.63) is 81.3 Å². The third-order valence-corrected chi connectivity index (χ3v) is 10.5. The summed E-state index contributed by atoms with van der Waals surface area (Å²) >= 11 is 15.6. The lowest BCUT2D eigenvalue weighted by Crippen LogP contribution is -2.30. The van der Waals surface area contributed by atoms with E-state index in [9.17, 15) is 16.8 Å². The van der Waals surface area contributed by atoms with Gasteiger partial charge >= 0.3 is 0 Å². The average Bonchev–Trinajstić information content (AvgIpc) is 3.37. The van der Waals surface area contributed by atoms with Gasteiger partial charge < -0.3 is 9.80 Å². The molecule has 0 saturated heterocycles. The van der Waals surface area contributed by atoms with Crippen LogP contribution in [0, 0.1) is 0 Å². The Kier molecular flexibility index (Phi) is 10.3. The first-order valence-corrected chi connectivity index (χ1v) is 17.9. The van der Waals surface area contributed by atoms with Crippen LogP contribution in [-0.4, -0.2) is 55.9 Å². The van der Waals surface area contributed by atoms with Crippen LogP contribution >= 0.6 is 46.7 Å². The minimum Gasteiger partial charge on any atom is -0.355 e. The molecule has 1 atom stereocenters. The Morgan fingerprint density at radius 3 is 2.17 bits per heavy atom. The zero-order valence-corrected chi connectivity index (χ0v) is 26.2. The van der Waals surface area contributed by atoms with Gasteiger partial charge in [0.15, 0.2) is 0 Å². The Labute approximate surface area is 253 Å². The Morgan fingerprint density at radius 1 is 0.925 bits per heavy atom. The number of thioether (sulfide) groups is 2. The molecule has 2 aliphatic heterocycles. The molecule has 0 spiro atoms. The molecule has 14 heteroatoms. The van der Waals surface area contributed by atoms with Crippen molar-refractivity contribution in [2.75, 3.05) is 34.4 Å². The van der Waals surface area contributed by atoms with Crippen LogP contribution in [0.15, 0.2) is 81.1 Å². The molecule has 2 N–H and O–H groups in total. The van der Waals surface area contributed by atoms with Crippen molar-refractivity contribution < 1.29 is 25.9 Å². The van der Waals surface area contributed by atoms with E-state index in [0.717, 1.165) is 31.8 Å². The summed E-state index contributed by atoms with van der Waals surface area (Å²) in [6.45, 7) is 2.79. The van der Waals surface area contributed by atoms with Gasteiger partial charge in [-0.05, 0) is 62.2 Å². The van der Waals surface area contributed by atoms with Crippen LogP contribution in [0.4, 0.5) is 11.4 Å². The molecule has 8 nitrogen and oxygen atoms in total. The Hall–Kier alpha value is -1.64. The van der Waals surface area contributed by atoms with E-state index in [-0.39, 0.29) is 29.7 Å². The third kappa shape index (κ3) is 8.68. The van der Waals surface area contributed by atoms with Gasteiger partial charge in [0.05, 0.1) is 33.3 Å². The monoisotopic (exact) mass is 662 g/mol. The number of nitrogens with zero attached hydrogens (tertiary/aromatic N) is 2. The number of hydrogen-bond acceptors (Lipinski definition) is 8. The average molecular weight is 664 g/mol. The highest BCUT2D eigenvalue weighted by Gasteiger charge is 2.29. The molecule has 216 valence electrons. The van der Waals surface area contributed by atoms with Gasteiger partial charge in [0, 0.05) is 32.9 Å². The molecule has 2 heterocycles. The number of halogens is 2. The van der Waals surface area contributed by atoms with Crippen LogP contribution in [0.5, 0.6) is 0 Å². The molecule has 0 aromatic heterocycles. The molecule has 2 aromatic rings. The molecular formula is C26H28Cl2N2O6S4. The van der Waals surface area contributed by atoms with Crippen molar-refractivity contribution in [2.45, 2.75) is 34.9 Å². The van der Waals surface area contributed by atoms with E-state index in [4.69, 9.17) is 32.3 Å². The minimum absolute atomic E-state index is 0.0879. The van der Waals surface area contributed by atoms with Gasteiger partial charge in [0.2, 0.25) is 0 Å². The first-order chi connectivity index (χ1) is 18.8. The van der Waals surface area contributed by atoms with Crippen molar-refractivity contribution in [3.8, 4) is 0 Å². The number of allylic oxidation sites excluding steroid dienone is 4. The van der Waals surface area contributed by atoms with Crippen molar-refractivity contribution in [1.29, 1.82) is 0 Å². The molecule has 40 heavy (non-hydrogen) atoms. The summed E-state index contributed by atoms with van der Waals surface area (Å²) in [5.74, 6) is -0.651. The second-order valence-electron chi connectivity index (χ2n) is 9.23. The molecule has 0 fully saturated rings. The second kappa shape index (κ2) is 13.1. The highest BCUT2D eigenvalue weighted by Crippen LogP contribution is 2.47. The molecular weight excluding hydrogens is 635 g/mol. The fourth-order valence-electron chi connectivity index (χ4n) is 4.28. The summed E-state index contributed by atoms with van der Waals surface area (Å²) < 4.78 is 63.2. The van der Waals surface area contributed by atoms with Gasteiger partial charge in [-0.15, -0.1) is 0 Å². The summed E-state index contributed by atoms with van der Waals surface area (Å²) in [6, 6.07) is 11.2. The number of anilines is 2. The second-order valence-corrected chi connectivity index (χ2v) is 15.5. The SMILES string of the molecule is CC(C=CC1Sc2ccc(Cl)cc2N1CCCS(=O)(=O)O)=CC=C1Sc2ccc(Cl)cc2N1CCCS(=O)(=O)O. The van der Waals surface area contributed by atoms with Crippen LogP contribution in [0.1, 0.15) is 19.8 Å². The van der Waals surface area contributed by atoms with E-state index < -0.39 is 20.2 Å². The predicted molar refractivity (Wildman–Crippen MR) is 166 cm³/mol. The molecule has 1 unspecified atom stereocenters. The maximum absolute atomic E-state index is 11.2. The fourth-order valence-corrected chi connectivity index (χ4v) is 7.88. The van der Waals surface area contributed by atoms with Crippen molar-refractivity contribution >= 4 is 78.3 Å². The lowest BCUT2D eigenvalue weighted by atomic mass is 10.2. The largest absolute Gasteiger partial charge is 0.355 e.